The molecule has 0 saturated heterocycles. The fourth-order valence-corrected chi connectivity index (χ4v) is 0.889. The van der Waals surface area contributed by atoms with Gasteiger partial charge in [0.25, 0.3) is 0 Å². The van der Waals surface area contributed by atoms with Gasteiger partial charge in [-0.2, -0.15) is 26.3 Å². The van der Waals surface area contributed by atoms with E-state index in [1.165, 1.54) is 0 Å². The summed E-state index contributed by atoms with van der Waals surface area (Å²) in [6.07, 6.45) is -13.7. The molecule has 0 aromatic heterocycles. The van der Waals surface area contributed by atoms with E-state index in [0.717, 1.165) is 0 Å². The fraction of sp³-hybridized carbons (Fsp3) is 1.00. The quantitative estimate of drug-likeness (QED) is 0.570. The number of rotatable bonds is 2. The number of hydrogen-bond donors (Lipinski definition) is 1. The Balaban J connectivity index is 4.78. The summed E-state index contributed by atoms with van der Waals surface area (Å²) in [7, 11) is 0. The van der Waals surface area contributed by atoms with E-state index in [4.69, 9.17) is 16.7 Å². The fourth-order valence-electron chi connectivity index (χ4n) is 0.711. The van der Waals surface area contributed by atoms with Gasteiger partial charge < -0.3 is 5.11 Å². The van der Waals surface area contributed by atoms with Crippen LogP contribution in [-0.4, -0.2) is 29.4 Å². The average Bonchev–Trinajstić information content (AvgIpc) is 1.80. The summed E-state index contributed by atoms with van der Waals surface area (Å²) in [5, 5.41) is 8.42. The summed E-state index contributed by atoms with van der Waals surface area (Å²) in [6.45, 7) is 0. The number of hydrogen-bond acceptors (Lipinski definition) is 1. The van der Waals surface area contributed by atoms with Gasteiger partial charge in [-0.15, -0.1) is 11.6 Å². The number of alkyl halides is 7. The standard InChI is InChI=1S/C5H5ClF6O/c6-1-2(13)3(4(7,8)9)5(10,11)12/h2-3,13H,1H2. The second-order valence-corrected chi connectivity index (χ2v) is 2.59. The topological polar surface area (TPSA) is 20.2 Å². The maximum Gasteiger partial charge on any atom is 0.403 e. The van der Waals surface area contributed by atoms with Gasteiger partial charge in [-0.25, -0.2) is 0 Å². The molecule has 0 aliphatic heterocycles. The first-order valence-electron chi connectivity index (χ1n) is 2.98. The molecule has 0 rings (SSSR count). The Morgan fingerprint density at radius 2 is 1.31 bits per heavy atom. The summed E-state index contributed by atoms with van der Waals surface area (Å²) in [6, 6.07) is 0. The van der Waals surface area contributed by atoms with Crippen LogP contribution in [0.4, 0.5) is 26.3 Å². The Morgan fingerprint density at radius 1 is 1.00 bits per heavy atom. The molecule has 0 radical (unpaired) electrons. The van der Waals surface area contributed by atoms with Crippen molar-refractivity contribution >= 4 is 11.6 Å². The lowest BCUT2D eigenvalue weighted by molar-refractivity contribution is -0.303. The van der Waals surface area contributed by atoms with E-state index in [9.17, 15) is 26.3 Å². The minimum atomic E-state index is -5.54. The van der Waals surface area contributed by atoms with E-state index in [2.05, 4.69) is 0 Å². The highest BCUT2D eigenvalue weighted by Crippen LogP contribution is 2.41. The molecular formula is C5H5ClF6O. The van der Waals surface area contributed by atoms with Gasteiger partial charge in [0.15, 0.2) is 5.92 Å². The van der Waals surface area contributed by atoms with Gasteiger partial charge >= 0.3 is 12.4 Å². The van der Waals surface area contributed by atoms with E-state index in [0.29, 0.717) is 0 Å². The Labute approximate surface area is 74.3 Å². The molecule has 0 aromatic rings. The molecule has 0 saturated carbocycles. The first-order valence-corrected chi connectivity index (χ1v) is 3.51. The lowest BCUT2D eigenvalue weighted by Gasteiger charge is -2.25. The Morgan fingerprint density at radius 3 is 1.38 bits per heavy atom. The van der Waals surface area contributed by atoms with Gasteiger partial charge in [-0.1, -0.05) is 0 Å². The van der Waals surface area contributed by atoms with Gasteiger partial charge in [-0.3, -0.25) is 0 Å². The van der Waals surface area contributed by atoms with Crippen LogP contribution in [0, 0.1) is 5.92 Å². The van der Waals surface area contributed by atoms with E-state index in [-0.39, 0.29) is 0 Å². The molecule has 0 bridgehead atoms. The molecule has 0 spiro atoms. The van der Waals surface area contributed by atoms with Gasteiger partial charge in [0.1, 0.15) is 0 Å². The van der Waals surface area contributed by atoms with Crippen LogP contribution in [0.15, 0.2) is 0 Å². The van der Waals surface area contributed by atoms with Crippen LogP contribution < -0.4 is 0 Å². The zero-order valence-electron chi connectivity index (χ0n) is 5.95. The predicted octanol–water partition coefficient (Wildman–Crippen LogP) is 2.33. The number of aliphatic hydroxyl groups is 1. The monoisotopic (exact) mass is 230 g/mol. The van der Waals surface area contributed by atoms with Crippen LogP contribution in [-0.2, 0) is 0 Å². The first-order chi connectivity index (χ1) is 5.60. The van der Waals surface area contributed by atoms with Gasteiger partial charge in [0, 0.05) is 5.88 Å². The second-order valence-electron chi connectivity index (χ2n) is 2.28. The Kier molecular flexibility index (Phi) is 3.86. The zero-order valence-corrected chi connectivity index (χ0v) is 6.71. The number of aliphatic hydroxyl groups excluding tert-OH is 1. The molecule has 1 unspecified atom stereocenters. The van der Waals surface area contributed by atoms with Crippen molar-refractivity contribution in [3.8, 4) is 0 Å². The molecule has 0 heterocycles. The van der Waals surface area contributed by atoms with Gasteiger partial charge in [0.05, 0.1) is 6.10 Å². The molecule has 1 N–H and O–H groups in total. The molecular weight excluding hydrogens is 225 g/mol. The molecule has 13 heavy (non-hydrogen) atoms. The van der Waals surface area contributed by atoms with Crippen LogP contribution in [0.5, 0.6) is 0 Å². The third-order valence-corrected chi connectivity index (χ3v) is 1.56. The summed E-state index contributed by atoms with van der Waals surface area (Å²) >= 11 is 4.71. The van der Waals surface area contributed by atoms with Crippen molar-refractivity contribution in [3.05, 3.63) is 0 Å². The molecule has 0 amide bonds. The van der Waals surface area contributed by atoms with Crippen LogP contribution >= 0.6 is 11.6 Å². The highest BCUT2D eigenvalue weighted by molar-refractivity contribution is 6.18. The maximum absolute atomic E-state index is 11.7. The third-order valence-electron chi connectivity index (χ3n) is 1.25. The normalized spacial score (nSPS) is 16.4. The lowest BCUT2D eigenvalue weighted by Crippen LogP contribution is -2.45. The largest absolute Gasteiger partial charge is 0.403 e. The van der Waals surface area contributed by atoms with Crippen molar-refractivity contribution in [2.75, 3.05) is 5.88 Å². The molecule has 0 aliphatic rings. The maximum atomic E-state index is 11.7. The Hall–Kier alpha value is -0.170. The van der Waals surface area contributed by atoms with Crippen LogP contribution in [0.1, 0.15) is 0 Å². The van der Waals surface area contributed by atoms with Crippen molar-refractivity contribution < 1.29 is 31.4 Å². The van der Waals surface area contributed by atoms with Crippen LogP contribution in [0.2, 0.25) is 0 Å². The highest BCUT2D eigenvalue weighted by Gasteiger charge is 2.59. The summed E-state index contributed by atoms with van der Waals surface area (Å²) in [5.74, 6) is -4.90. The van der Waals surface area contributed by atoms with Gasteiger partial charge in [0.2, 0.25) is 0 Å². The van der Waals surface area contributed by atoms with Crippen LogP contribution in [0.25, 0.3) is 0 Å². The van der Waals surface area contributed by atoms with Crippen molar-refractivity contribution in [1.29, 1.82) is 0 Å². The molecule has 8 heteroatoms. The second kappa shape index (κ2) is 3.91. The number of halogens is 7. The first kappa shape index (κ1) is 12.8. The van der Waals surface area contributed by atoms with E-state index < -0.39 is 30.3 Å². The zero-order chi connectivity index (χ0) is 10.9. The van der Waals surface area contributed by atoms with Crippen molar-refractivity contribution in [3.63, 3.8) is 0 Å². The molecule has 1 nitrogen and oxygen atoms in total. The summed E-state index contributed by atoms with van der Waals surface area (Å²) in [5.41, 5.74) is 0. The molecule has 80 valence electrons. The Bertz CT molecular complexity index is 149. The molecule has 0 aromatic carbocycles. The van der Waals surface area contributed by atoms with E-state index >= 15 is 0 Å². The van der Waals surface area contributed by atoms with E-state index in [1.54, 1.807) is 0 Å². The third kappa shape index (κ3) is 3.60. The van der Waals surface area contributed by atoms with E-state index in [1.807, 2.05) is 0 Å². The highest BCUT2D eigenvalue weighted by atomic mass is 35.5. The smallest absolute Gasteiger partial charge is 0.391 e. The molecule has 1 atom stereocenters. The predicted molar refractivity (Wildman–Crippen MR) is 32.3 cm³/mol. The SMILES string of the molecule is OC(CCl)C(C(F)(F)F)C(F)(F)F. The van der Waals surface area contributed by atoms with Gasteiger partial charge in [-0.05, 0) is 0 Å². The van der Waals surface area contributed by atoms with Crippen molar-refractivity contribution in [2.24, 2.45) is 5.92 Å². The lowest BCUT2D eigenvalue weighted by atomic mass is 10.0. The summed E-state index contributed by atoms with van der Waals surface area (Å²) in [4.78, 5) is 0. The average molecular weight is 231 g/mol. The van der Waals surface area contributed by atoms with Crippen molar-refractivity contribution in [2.45, 2.75) is 18.5 Å². The van der Waals surface area contributed by atoms with Crippen LogP contribution in [0.3, 0.4) is 0 Å². The van der Waals surface area contributed by atoms with Crippen molar-refractivity contribution in [1.82, 2.24) is 0 Å². The molecule has 0 fully saturated rings. The summed E-state index contributed by atoms with van der Waals surface area (Å²) < 4.78 is 70.3. The minimum Gasteiger partial charge on any atom is -0.391 e. The molecule has 0 aliphatic carbocycles. The minimum absolute atomic E-state index is 1.12.